The van der Waals surface area contributed by atoms with Crippen LogP contribution in [0, 0.1) is 0 Å². The maximum Gasteiger partial charge on any atom is 0.128 e. The molecule has 9 heavy (non-hydrogen) atoms. The van der Waals surface area contributed by atoms with Crippen LogP contribution in [0.2, 0.25) is 0 Å². The zero-order valence-electron chi connectivity index (χ0n) is 5.89. The predicted octanol–water partition coefficient (Wildman–Crippen LogP) is 1.66. The lowest BCUT2D eigenvalue weighted by atomic mass is 10.3. The molecule has 0 fully saturated rings. The number of rotatable bonds is 2. The summed E-state index contributed by atoms with van der Waals surface area (Å²) in [5.41, 5.74) is 1.03. The van der Waals surface area contributed by atoms with Gasteiger partial charge in [0.1, 0.15) is 5.84 Å². The standard InChI is InChI=1S/C7H11N2/c1-3-4-7-8-5-6(2)9-7/h5H,3-4H2,1-2H3. The van der Waals surface area contributed by atoms with E-state index in [1.165, 1.54) is 0 Å². The van der Waals surface area contributed by atoms with Gasteiger partial charge in [-0.25, -0.2) is 10.3 Å². The van der Waals surface area contributed by atoms with Crippen molar-refractivity contribution in [1.82, 2.24) is 5.32 Å². The second-order valence-corrected chi connectivity index (χ2v) is 2.18. The van der Waals surface area contributed by atoms with Gasteiger partial charge in [0.25, 0.3) is 0 Å². The summed E-state index contributed by atoms with van der Waals surface area (Å²) in [5.74, 6) is 0.981. The van der Waals surface area contributed by atoms with E-state index in [9.17, 15) is 0 Å². The second kappa shape index (κ2) is 2.67. The van der Waals surface area contributed by atoms with Gasteiger partial charge >= 0.3 is 0 Å². The molecule has 0 aliphatic carbocycles. The van der Waals surface area contributed by atoms with E-state index >= 15 is 0 Å². The Kier molecular flexibility index (Phi) is 1.88. The Morgan fingerprint density at radius 2 is 2.33 bits per heavy atom. The van der Waals surface area contributed by atoms with Crippen LogP contribution in [0.3, 0.4) is 0 Å². The molecule has 1 aliphatic heterocycles. The van der Waals surface area contributed by atoms with Crippen molar-refractivity contribution >= 4 is 5.84 Å². The quantitative estimate of drug-likeness (QED) is 0.534. The molecule has 1 rings (SSSR count). The van der Waals surface area contributed by atoms with E-state index in [0.29, 0.717) is 0 Å². The van der Waals surface area contributed by atoms with Gasteiger partial charge in [-0.15, -0.1) is 0 Å². The first kappa shape index (κ1) is 6.33. The van der Waals surface area contributed by atoms with Crippen molar-refractivity contribution in [3.63, 3.8) is 0 Å². The molecule has 2 nitrogen and oxygen atoms in total. The molecule has 1 heterocycles. The Morgan fingerprint density at radius 3 is 2.78 bits per heavy atom. The van der Waals surface area contributed by atoms with Crippen molar-refractivity contribution in [3.8, 4) is 0 Å². The molecule has 0 saturated heterocycles. The molecule has 0 N–H and O–H groups in total. The normalized spacial score (nSPS) is 16.7. The molecule has 0 aromatic carbocycles. The number of amidine groups is 1. The van der Waals surface area contributed by atoms with Gasteiger partial charge in [0.15, 0.2) is 0 Å². The lowest BCUT2D eigenvalue weighted by Crippen LogP contribution is -2.04. The van der Waals surface area contributed by atoms with Gasteiger partial charge in [0, 0.05) is 6.42 Å². The van der Waals surface area contributed by atoms with Gasteiger partial charge in [-0.05, 0) is 13.3 Å². The molecule has 0 aromatic heterocycles. The number of hydrogen-bond donors (Lipinski definition) is 0. The van der Waals surface area contributed by atoms with Crippen LogP contribution in [0.5, 0.6) is 0 Å². The molecule has 0 amide bonds. The van der Waals surface area contributed by atoms with Crippen molar-refractivity contribution in [3.05, 3.63) is 11.9 Å². The summed E-state index contributed by atoms with van der Waals surface area (Å²) >= 11 is 0. The van der Waals surface area contributed by atoms with E-state index in [1.54, 1.807) is 0 Å². The van der Waals surface area contributed by atoms with Crippen molar-refractivity contribution in [2.75, 3.05) is 0 Å². The molecular formula is C7H11N2. The molecule has 0 aromatic rings. The second-order valence-electron chi connectivity index (χ2n) is 2.18. The van der Waals surface area contributed by atoms with Crippen LogP contribution in [-0.2, 0) is 0 Å². The van der Waals surface area contributed by atoms with E-state index in [-0.39, 0.29) is 0 Å². The molecule has 0 saturated carbocycles. The first-order chi connectivity index (χ1) is 4.33. The minimum absolute atomic E-state index is 0.981. The van der Waals surface area contributed by atoms with Crippen LogP contribution >= 0.6 is 0 Å². The third kappa shape index (κ3) is 1.56. The third-order valence-electron chi connectivity index (χ3n) is 1.18. The lowest BCUT2D eigenvalue weighted by molar-refractivity contribution is 0.964. The van der Waals surface area contributed by atoms with E-state index in [0.717, 1.165) is 24.4 Å². The van der Waals surface area contributed by atoms with E-state index in [1.807, 2.05) is 13.1 Å². The highest BCUT2D eigenvalue weighted by molar-refractivity contribution is 5.85. The van der Waals surface area contributed by atoms with E-state index in [2.05, 4.69) is 17.2 Å². The highest BCUT2D eigenvalue weighted by Gasteiger charge is 2.03. The molecule has 0 unspecified atom stereocenters. The molecular weight excluding hydrogens is 112 g/mol. The lowest BCUT2D eigenvalue weighted by Gasteiger charge is -1.91. The molecule has 1 aliphatic rings. The van der Waals surface area contributed by atoms with Gasteiger partial charge in [0.05, 0.1) is 11.9 Å². The first-order valence-electron chi connectivity index (χ1n) is 3.28. The summed E-state index contributed by atoms with van der Waals surface area (Å²) in [7, 11) is 0. The molecule has 49 valence electrons. The minimum Gasteiger partial charge on any atom is -0.240 e. The van der Waals surface area contributed by atoms with Gasteiger partial charge in [-0.1, -0.05) is 6.92 Å². The van der Waals surface area contributed by atoms with Crippen molar-refractivity contribution in [2.45, 2.75) is 26.7 Å². The van der Waals surface area contributed by atoms with Crippen molar-refractivity contribution in [1.29, 1.82) is 0 Å². The smallest absolute Gasteiger partial charge is 0.128 e. The Labute approximate surface area is 55.7 Å². The third-order valence-corrected chi connectivity index (χ3v) is 1.18. The summed E-state index contributed by atoms with van der Waals surface area (Å²) < 4.78 is 0. The fraction of sp³-hybridized carbons (Fsp3) is 0.571. The zero-order valence-corrected chi connectivity index (χ0v) is 5.89. The summed E-state index contributed by atoms with van der Waals surface area (Å²) in [4.78, 5) is 4.19. The minimum atomic E-state index is 0.981. The summed E-state index contributed by atoms with van der Waals surface area (Å²) in [6, 6.07) is 0. The predicted molar refractivity (Wildman–Crippen MR) is 38.2 cm³/mol. The number of allylic oxidation sites excluding steroid dienone is 1. The maximum absolute atomic E-state index is 4.19. The fourth-order valence-corrected chi connectivity index (χ4v) is 0.773. The number of aliphatic imine (C=N–C) groups is 1. The van der Waals surface area contributed by atoms with E-state index < -0.39 is 0 Å². The van der Waals surface area contributed by atoms with E-state index in [4.69, 9.17) is 0 Å². The Hall–Kier alpha value is -0.790. The van der Waals surface area contributed by atoms with Crippen LogP contribution in [0.1, 0.15) is 26.7 Å². The van der Waals surface area contributed by atoms with Gasteiger partial charge in [-0.3, -0.25) is 0 Å². The Balaban J connectivity index is 2.41. The molecule has 1 radical (unpaired) electrons. The van der Waals surface area contributed by atoms with Crippen LogP contribution in [0.25, 0.3) is 0 Å². The zero-order chi connectivity index (χ0) is 6.69. The topological polar surface area (TPSA) is 26.5 Å². The average Bonchev–Trinajstić information content (AvgIpc) is 2.17. The summed E-state index contributed by atoms with van der Waals surface area (Å²) in [6.07, 6.45) is 3.95. The fourth-order valence-electron chi connectivity index (χ4n) is 0.773. The van der Waals surface area contributed by atoms with Crippen LogP contribution in [-0.4, -0.2) is 5.84 Å². The Morgan fingerprint density at radius 1 is 1.56 bits per heavy atom. The molecule has 2 heteroatoms. The number of hydrogen-bond acceptors (Lipinski definition) is 1. The Bertz CT molecular complexity index is 156. The highest BCUT2D eigenvalue weighted by atomic mass is 15.0. The van der Waals surface area contributed by atoms with Crippen molar-refractivity contribution < 1.29 is 0 Å². The van der Waals surface area contributed by atoms with Gasteiger partial charge in [-0.2, -0.15) is 0 Å². The first-order valence-corrected chi connectivity index (χ1v) is 3.28. The molecule has 0 spiro atoms. The SMILES string of the molecule is CCCC1=NC(C)=C[N]1. The summed E-state index contributed by atoms with van der Waals surface area (Å²) in [5, 5.41) is 4.09. The van der Waals surface area contributed by atoms with Crippen LogP contribution in [0.15, 0.2) is 16.9 Å². The monoisotopic (exact) mass is 123 g/mol. The summed E-state index contributed by atoms with van der Waals surface area (Å²) in [6.45, 7) is 4.10. The molecule has 0 atom stereocenters. The largest absolute Gasteiger partial charge is 0.240 e. The van der Waals surface area contributed by atoms with Gasteiger partial charge < -0.3 is 0 Å². The van der Waals surface area contributed by atoms with Crippen molar-refractivity contribution in [2.24, 2.45) is 4.99 Å². The van der Waals surface area contributed by atoms with Gasteiger partial charge in [0.2, 0.25) is 0 Å². The maximum atomic E-state index is 4.19. The average molecular weight is 123 g/mol. The molecule has 0 bridgehead atoms. The number of nitrogens with zero attached hydrogens (tertiary/aromatic N) is 2. The van der Waals surface area contributed by atoms with Crippen LogP contribution < -0.4 is 5.32 Å². The van der Waals surface area contributed by atoms with Crippen LogP contribution in [0.4, 0.5) is 0 Å². The highest BCUT2D eigenvalue weighted by Crippen LogP contribution is 2.04.